The molecule has 4 nitrogen and oxygen atoms in total. The summed E-state index contributed by atoms with van der Waals surface area (Å²) in [5, 5.41) is 11.8. The van der Waals surface area contributed by atoms with Crippen LogP contribution in [0.25, 0.3) is 0 Å². The van der Waals surface area contributed by atoms with Gasteiger partial charge in [-0.3, -0.25) is 4.79 Å². The first-order valence-electron chi connectivity index (χ1n) is 6.68. The zero-order valence-corrected chi connectivity index (χ0v) is 12.5. The van der Waals surface area contributed by atoms with E-state index < -0.39 is 12.0 Å². The minimum atomic E-state index is -0.994. The highest BCUT2D eigenvalue weighted by Crippen LogP contribution is 2.05. The molecule has 2 N–H and O–H groups in total. The Hall–Kier alpha value is -1.49. The average Bonchev–Trinajstić information content (AvgIpc) is 2.44. The van der Waals surface area contributed by atoms with Crippen LogP contribution >= 0.6 is 11.8 Å². The lowest BCUT2D eigenvalue weighted by Gasteiger charge is -2.14. The Bertz CT molecular complexity index is 422. The Morgan fingerprint density at radius 1 is 1.25 bits per heavy atom. The van der Waals surface area contributed by atoms with E-state index in [4.69, 9.17) is 0 Å². The van der Waals surface area contributed by atoms with E-state index in [2.05, 4.69) is 5.32 Å². The molecule has 1 amide bonds. The van der Waals surface area contributed by atoms with Crippen LogP contribution in [-0.4, -0.2) is 35.0 Å². The molecule has 0 bridgehead atoms. The number of unbranched alkanes of at least 4 members (excludes halogenated alkanes) is 1. The molecule has 0 radical (unpaired) electrons. The van der Waals surface area contributed by atoms with Crippen LogP contribution in [0.2, 0.25) is 0 Å². The van der Waals surface area contributed by atoms with Gasteiger partial charge in [-0.15, -0.1) is 0 Å². The number of carbonyl (C=O) groups is 2. The van der Waals surface area contributed by atoms with Crippen LogP contribution in [0.15, 0.2) is 30.3 Å². The predicted molar refractivity (Wildman–Crippen MR) is 81.9 cm³/mol. The molecule has 1 aromatic carbocycles. The van der Waals surface area contributed by atoms with Crippen LogP contribution in [0.3, 0.4) is 0 Å². The second-order valence-electron chi connectivity index (χ2n) is 4.60. The van der Waals surface area contributed by atoms with E-state index in [-0.39, 0.29) is 5.91 Å². The zero-order valence-electron chi connectivity index (χ0n) is 11.7. The first-order chi connectivity index (χ1) is 9.63. The van der Waals surface area contributed by atoms with Gasteiger partial charge in [-0.25, -0.2) is 4.79 Å². The van der Waals surface area contributed by atoms with E-state index in [1.165, 1.54) is 0 Å². The number of carboxylic acids is 1. The molecule has 0 aliphatic rings. The molecule has 0 saturated heterocycles. The minimum absolute atomic E-state index is 0.186. The fourth-order valence-electron chi connectivity index (χ4n) is 1.85. The number of thioether (sulfide) groups is 1. The van der Waals surface area contributed by atoms with Crippen LogP contribution in [0.4, 0.5) is 0 Å². The number of carbonyl (C=O) groups excluding carboxylic acids is 1. The van der Waals surface area contributed by atoms with Gasteiger partial charge in [-0.1, -0.05) is 30.3 Å². The summed E-state index contributed by atoms with van der Waals surface area (Å²) in [4.78, 5) is 22.9. The SMILES string of the molecule is CSCCCCC(=O)N[C@@H](Cc1ccccc1)C(=O)O. The molecule has 0 fully saturated rings. The Morgan fingerprint density at radius 3 is 2.55 bits per heavy atom. The molecular weight excluding hydrogens is 274 g/mol. The third kappa shape index (κ3) is 6.61. The van der Waals surface area contributed by atoms with Crippen molar-refractivity contribution in [1.82, 2.24) is 5.32 Å². The van der Waals surface area contributed by atoms with E-state index in [1.807, 2.05) is 36.6 Å². The smallest absolute Gasteiger partial charge is 0.326 e. The summed E-state index contributed by atoms with van der Waals surface area (Å²) in [5.41, 5.74) is 0.905. The molecule has 0 aromatic heterocycles. The molecule has 0 aliphatic carbocycles. The monoisotopic (exact) mass is 295 g/mol. The fraction of sp³-hybridized carbons (Fsp3) is 0.467. The van der Waals surface area contributed by atoms with E-state index in [0.29, 0.717) is 12.8 Å². The molecule has 1 rings (SSSR count). The van der Waals surface area contributed by atoms with Gasteiger partial charge in [0.05, 0.1) is 0 Å². The van der Waals surface area contributed by atoms with Gasteiger partial charge >= 0.3 is 5.97 Å². The van der Waals surface area contributed by atoms with Gasteiger partial charge in [0.25, 0.3) is 0 Å². The highest BCUT2D eigenvalue weighted by Gasteiger charge is 2.19. The Morgan fingerprint density at radius 2 is 1.95 bits per heavy atom. The van der Waals surface area contributed by atoms with Crippen molar-refractivity contribution in [2.45, 2.75) is 31.7 Å². The standard InChI is InChI=1S/C15H21NO3S/c1-20-10-6-5-9-14(17)16-13(15(18)19)11-12-7-3-2-4-8-12/h2-4,7-8,13H,5-6,9-11H2,1H3,(H,16,17)(H,18,19)/t13-/m0/s1. The largest absolute Gasteiger partial charge is 0.480 e. The van der Waals surface area contributed by atoms with Crippen LogP contribution in [-0.2, 0) is 16.0 Å². The average molecular weight is 295 g/mol. The summed E-state index contributed by atoms with van der Waals surface area (Å²) < 4.78 is 0. The van der Waals surface area contributed by atoms with E-state index in [0.717, 1.165) is 24.2 Å². The van der Waals surface area contributed by atoms with Crippen molar-refractivity contribution in [1.29, 1.82) is 0 Å². The van der Waals surface area contributed by atoms with Crippen LogP contribution in [0, 0.1) is 0 Å². The Kier molecular flexibility index (Phi) is 7.80. The van der Waals surface area contributed by atoms with Crippen LogP contribution in [0.5, 0.6) is 0 Å². The molecule has 0 heterocycles. The molecule has 20 heavy (non-hydrogen) atoms. The summed E-state index contributed by atoms with van der Waals surface area (Å²) in [7, 11) is 0. The number of benzene rings is 1. The number of carboxylic acid groups (broad SMARTS) is 1. The molecule has 5 heteroatoms. The summed E-state index contributed by atoms with van der Waals surface area (Å²) in [6.45, 7) is 0. The lowest BCUT2D eigenvalue weighted by atomic mass is 10.1. The molecule has 0 unspecified atom stereocenters. The molecule has 110 valence electrons. The lowest BCUT2D eigenvalue weighted by molar-refractivity contribution is -0.141. The normalized spacial score (nSPS) is 11.8. The summed E-state index contributed by atoms with van der Waals surface area (Å²) in [6.07, 6.45) is 4.50. The first-order valence-corrected chi connectivity index (χ1v) is 8.08. The van der Waals surface area contributed by atoms with Crippen molar-refractivity contribution < 1.29 is 14.7 Å². The number of hydrogen-bond acceptors (Lipinski definition) is 3. The van der Waals surface area contributed by atoms with Gasteiger partial charge in [-0.2, -0.15) is 11.8 Å². The molecule has 0 saturated carbocycles. The topological polar surface area (TPSA) is 66.4 Å². The summed E-state index contributed by atoms with van der Waals surface area (Å²) >= 11 is 1.75. The Balaban J connectivity index is 2.43. The number of amides is 1. The lowest BCUT2D eigenvalue weighted by Crippen LogP contribution is -2.42. The van der Waals surface area contributed by atoms with Crippen molar-refractivity contribution in [3.63, 3.8) is 0 Å². The highest BCUT2D eigenvalue weighted by molar-refractivity contribution is 7.98. The van der Waals surface area contributed by atoms with Gasteiger partial charge in [0.2, 0.25) is 5.91 Å². The molecule has 1 aromatic rings. The van der Waals surface area contributed by atoms with E-state index in [1.54, 1.807) is 11.8 Å². The summed E-state index contributed by atoms with van der Waals surface area (Å²) in [6, 6.07) is 8.47. The highest BCUT2D eigenvalue weighted by atomic mass is 32.2. The first kappa shape index (κ1) is 16.6. The maximum atomic E-state index is 11.7. The van der Waals surface area contributed by atoms with E-state index in [9.17, 15) is 14.7 Å². The van der Waals surface area contributed by atoms with Crippen molar-refractivity contribution in [3.05, 3.63) is 35.9 Å². The molecule has 0 aliphatic heterocycles. The number of aliphatic carboxylic acids is 1. The van der Waals surface area contributed by atoms with Gasteiger partial charge in [0.15, 0.2) is 0 Å². The van der Waals surface area contributed by atoms with Gasteiger partial charge in [0.1, 0.15) is 6.04 Å². The molecule has 1 atom stereocenters. The van der Waals surface area contributed by atoms with Crippen molar-refractivity contribution in [2.75, 3.05) is 12.0 Å². The maximum absolute atomic E-state index is 11.7. The quantitative estimate of drug-likeness (QED) is 0.686. The number of nitrogens with one attached hydrogen (secondary N) is 1. The van der Waals surface area contributed by atoms with Crippen molar-refractivity contribution in [2.24, 2.45) is 0 Å². The van der Waals surface area contributed by atoms with Gasteiger partial charge < -0.3 is 10.4 Å². The van der Waals surface area contributed by atoms with Crippen LogP contribution < -0.4 is 5.32 Å². The fourth-order valence-corrected chi connectivity index (χ4v) is 2.34. The third-order valence-electron chi connectivity index (χ3n) is 2.92. The van der Waals surface area contributed by atoms with Gasteiger partial charge in [0, 0.05) is 12.8 Å². The second kappa shape index (κ2) is 9.42. The van der Waals surface area contributed by atoms with E-state index >= 15 is 0 Å². The molecule has 0 spiro atoms. The maximum Gasteiger partial charge on any atom is 0.326 e. The predicted octanol–water partition coefficient (Wildman–Crippen LogP) is 2.33. The van der Waals surface area contributed by atoms with Crippen LogP contribution in [0.1, 0.15) is 24.8 Å². The third-order valence-corrected chi connectivity index (χ3v) is 3.62. The molecular formula is C15H21NO3S. The Labute approximate surface area is 124 Å². The van der Waals surface area contributed by atoms with Gasteiger partial charge in [-0.05, 0) is 30.4 Å². The zero-order chi connectivity index (χ0) is 14.8. The summed E-state index contributed by atoms with van der Waals surface area (Å²) in [5.74, 6) is -0.152. The number of hydrogen-bond donors (Lipinski definition) is 2. The second-order valence-corrected chi connectivity index (χ2v) is 5.58. The van der Waals surface area contributed by atoms with Crippen molar-refractivity contribution in [3.8, 4) is 0 Å². The van der Waals surface area contributed by atoms with Crippen molar-refractivity contribution >= 4 is 23.6 Å². The number of rotatable bonds is 9. The minimum Gasteiger partial charge on any atom is -0.480 e.